The molecule has 1 aromatic heterocycles. The van der Waals surface area contributed by atoms with Crippen LogP contribution in [0.25, 0.3) is 0 Å². The Hall–Kier alpha value is -3.02. The average molecular weight is 336 g/mol. The Morgan fingerprint density at radius 2 is 2.04 bits per heavy atom. The maximum atomic E-state index is 12.8. The van der Waals surface area contributed by atoms with Crippen molar-refractivity contribution in [3.05, 3.63) is 35.5 Å². The number of halogens is 3. The van der Waals surface area contributed by atoms with Crippen LogP contribution >= 0.6 is 0 Å². The molecule has 1 heterocycles. The fraction of sp³-hybridized carbons (Fsp3) is 0.267. The second-order valence-corrected chi connectivity index (χ2v) is 4.87. The lowest BCUT2D eigenvalue weighted by Crippen LogP contribution is -2.12. The minimum atomic E-state index is -4.53. The lowest BCUT2D eigenvalue weighted by atomic mass is 10.2. The van der Waals surface area contributed by atoms with E-state index in [2.05, 4.69) is 25.9 Å². The molecule has 0 aliphatic rings. The summed E-state index contributed by atoms with van der Waals surface area (Å²) in [7, 11) is 1.36. The lowest BCUT2D eigenvalue weighted by molar-refractivity contribution is -0.137. The van der Waals surface area contributed by atoms with Crippen molar-refractivity contribution < 1.29 is 13.2 Å². The number of nitriles is 1. The summed E-state index contributed by atoms with van der Waals surface area (Å²) in [5, 5.41) is 16.8. The Balaban J connectivity index is 2.27. The molecule has 3 N–H and O–H groups in total. The number of hydrogen-bond donors (Lipinski definition) is 3. The third kappa shape index (κ3) is 4.04. The highest BCUT2D eigenvalue weighted by Gasteiger charge is 2.35. The number of alkyl halides is 3. The number of nitrogens with one attached hydrogen (secondary N) is 3. The predicted molar refractivity (Wildman–Crippen MR) is 85.1 cm³/mol. The molecule has 24 heavy (non-hydrogen) atoms. The summed E-state index contributed by atoms with van der Waals surface area (Å²) in [4.78, 5) is 7.55. The van der Waals surface area contributed by atoms with Gasteiger partial charge in [0, 0.05) is 24.6 Å². The Bertz CT molecular complexity index is 767. The van der Waals surface area contributed by atoms with Crippen LogP contribution in [0.15, 0.2) is 24.4 Å². The number of nitrogens with zero attached hydrogens (tertiary/aromatic N) is 3. The SMILES string of the molecule is CNc1nc(Nc2ccc(C)c(NCC#N)c2)ncc1C(F)(F)F. The van der Waals surface area contributed by atoms with Crippen LogP contribution in [0, 0.1) is 18.3 Å². The van der Waals surface area contributed by atoms with Gasteiger partial charge in [-0.2, -0.15) is 23.4 Å². The first-order valence-corrected chi connectivity index (χ1v) is 6.95. The van der Waals surface area contributed by atoms with Crippen molar-refractivity contribution in [2.45, 2.75) is 13.1 Å². The molecule has 0 amide bonds. The fourth-order valence-corrected chi connectivity index (χ4v) is 1.99. The number of hydrogen-bond acceptors (Lipinski definition) is 6. The van der Waals surface area contributed by atoms with Gasteiger partial charge >= 0.3 is 6.18 Å². The van der Waals surface area contributed by atoms with Crippen molar-refractivity contribution in [1.29, 1.82) is 5.26 Å². The predicted octanol–water partition coefficient (Wildman–Crippen LogP) is 3.52. The van der Waals surface area contributed by atoms with Crippen LogP contribution in [0.1, 0.15) is 11.1 Å². The normalized spacial score (nSPS) is 10.8. The van der Waals surface area contributed by atoms with E-state index in [1.165, 1.54) is 7.05 Å². The van der Waals surface area contributed by atoms with Crippen LogP contribution in [0.2, 0.25) is 0 Å². The molecule has 0 fully saturated rings. The molecule has 126 valence electrons. The van der Waals surface area contributed by atoms with Gasteiger partial charge in [-0.15, -0.1) is 0 Å². The van der Waals surface area contributed by atoms with Crippen LogP contribution in [-0.4, -0.2) is 23.6 Å². The summed E-state index contributed by atoms with van der Waals surface area (Å²) < 4.78 is 38.5. The fourth-order valence-electron chi connectivity index (χ4n) is 1.99. The van der Waals surface area contributed by atoms with E-state index in [0.29, 0.717) is 5.69 Å². The second kappa shape index (κ2) is 7.04. The van der Waals surface area contributed by atoms with Crippen molar-refractivity contribution in [1.82, 2.24) is 9.97 Å². The van der Waals surface area contributed by atoms with Gasteiger partial charge < -0.3 is 16.0 Å². The molecule has 0 aliphatic carbocycles. The van der Waals surface area contributed by atoms with E-state index in [1.54, 1.807) is 12.1 Å². The smallest absolute Gasteiger partial charge is 0.372 e. The minimum Gasteiger partial charge on any atom is -0.372 e. The van der Waals surface area contributed by atoms with Crippen LogP contribution in [0.4, 0.5) is 36.3 Å². The first-order chi connectivity index (χ1) is 11.3. The van der Waals surface area contributed by atoms with Crippen molar-refractivity contribution in [2.75, 3.05) is 29.5 Å². The summed E-state index contributed by atoms with van der Waals surface area (Å²) in [6.45, 7) is 2.02. The third-order valence-corrected chi connectivity index (χ3v) is 3.18. The van der Waals surface area contributed by atoms with Crippen molar-refractivity contribution in [3.63, 3.8) is 0 Å². The van der Waals surface area contributed by atoms with Gasteiger partial charge in [-0.25, -0.2) is 4.98 Å². The molecule has 0 atom stereocenters. The van der Waals surface area contributed by atoms with Crippen molar-refractivity contribution in [2.24, 2.45) is 0 Å². The molecule has 0 aliphatic heterocycles. The highest BCUT2D eigenvalue weighted by atomic mass is 19.4. The quantitative estimate of drug-likeness (QED) is 0.724. The van der Waals surface area contributed by atoms with Gasteiger partial charge in [0.25, 0.3) is 0 Å². The highest BCUT2D eigenvalue weighted by molar-refractivity contribution is 5.65. The summed E-state index contributed by atoms with van der Waals surface area (Å²) in [6.07, 6.45) is -3.81. The zero-order valence-corrected chi connectivity index (χ0v) is 13.0. The van der Waals surface area contributed by atoms with Gasteiger partial charge in [0.2, 0.25) is 5.95 Å². The Morgan fingerprint density at radius 1 is 1.29 bits per heavy atom. The number of rotatable bonds is 5. The van der Waals surface area contributed by atoms with E-state index in [9.17, 15) is 13.2 Å². The van der Waals surface area contributed by atoms with Crippen molar-refractivity contribution in [3.8, 4) is 6.07 Å². The van der Waals surface area contributed by atoms with E-state index >= 15 is 0 Å². The van der Waals surface area contributed by atoms with Crippen LogP contribution < -0.4 is 16.0 Å². The summed E-state index contributed by atoms with van der Waals surface area (Å²) >= 11 is 0. The van der Waals surface area contributed by atoms with E-state index in [0.717, 1.165) is 17.4 Å². The highest BCUT2D eigenvalue weighted by Crippen LogP contribution is 2.34. The number of anilines is 4. The molecule has 0 bridgehead atoms. The molecule has 2 aromatic rings. The van der Waals surface area contributed by atoms with Crippen LogP contribution in [0.3, 0.4) is 0 Å². The summed E-state index contributed by atoms with van der Waals surface area (Å²) in [5.41, 5.74) is 1.32. The number of aromatic nitrogens is 2. The molecular weight excluding hydrogens is 321 g/mol. The topological polar surface area (TPSA) is 85.7 Å². The molecule has 0 saturated carbocycles. The second-order valence-electron chi connectivity index (χ2n) is 4.87. The molecule has 6 nitrogen and oxygen atoms in total. The summed E-state index contributed by atoms with van der Waals surface area (Å²) in [5.74, 6) is -0.280. The van der Waals surface area contributed by atoms with E-state index in [1.807, 2.05) is 19.1 Å². The molecule has 1 aromatic carbocycles. The maximum Gasteiger partial charge on any atom is 0.421 e. The van der Waals surface area contributed by atoms with Gasteiger partial charge in [-0.3, -0.25) is 0 Å². The lowest BCUT2D eigenvalue weighted by Gasteiger charge is -2.14. The molecule has 0 saturated heterocycles. The Morgan fingerprint density at radius 3 is 2.67 bits per heavy atom. The molecule has 0 radical (unpaired) electrons. The van der Waals surface area contributed by atoms with Gasteiger partial charge in [-0.05, 0) is 24.6 Å². The van der Waals surface area contributed by atoms with Crippen LogP contribution in [-0.2, 0) is 6.18 Å². The zero-order chi connectivity index (χ0) is 17.7. The monoisotopic (exact) mass is 336 g/mol. The molecule has 0 spiro atoms. The van der Waals surface area contributed by atoms with Gasteiger partial charge in [-0.1, -0.05) is 6.07 Å². The average Bonchev–Trinajstić information content (AvgIpc) is 2.54. The largest absolute Gasteiger partial charge is 0.421 e. The molecular formula is C15H15F3N6. The number of aryl methyl sites for hydroxylation is 1. The zero-order valence-electron chi connectivity index (χ0n) is 13.0. The van der Waals surface area contributed by atoms with E-state index < -0.39 is 11.7 Å². The van der Waals surface area contributed by atoms with E-state index in [4.69, 9.17) is 5.26 Å². The molecule has 2 rings (SSSR count). The first-order valence-electron chi connectivity index (χ1n) is 6.95. The van der Waals surface area contributed by atoms with Gasteiger partial charge in [0.1, 0.15) is 17.9 Å². The van der Waals surface area contributed by atoms with Crippen molar-refractivity contribution >= 4 is 23.1 Å². The number of benzene rings is 1. The standard InChI is InChI=1S/C15H15F3N6/c1-9-3-4-10(7-12(9)21-6-5-19)23-14-22-8-11(15(16,17)18)13(20-2)24-14/h3-4,7-8,21H,6H2,1-2H3,(H2,20,22,23,24). The Kier molecular flexibility index (Phi) is 5.08. The summed E-state index contributed by atoms with van der Waals surface area (Å²) in [6, 6.07) is 7.26. The van der Waals surface area contributed by atoms with Gasteiger partial charge in [0.05, 0.1) is 6.07 Å². The maximum absolute atomic E-state index is 12.8. The molecule has 0 unspecified atom stereocenters. The van der Waals surface area contributed by atoms with E-state index in [-0.39, 0.29) is 18.3 Å². The minimum absolute atomic E-state index is 0.0300. The van der Waals surface area contributed by atoms with Gasteiger partial charge in [0.15, 0.2) is 0 Å². The van der Waals surface area contributed by atoms with Crippen LogP contribution in [0.5, 0.6) is 0 Å². The third-order valence-electron chi connectivity index (χ3n) is 3.18. The first kappa shape index (κ1) is 17.3. The molecule has 9 heteroatoms. The Labute approximate surface area is 136 Å².